The predicted molar refractivity (Wildman–Crippen MR) is 83.1 cm³/mol. The van der Waals surface area contributed by atoms with Crippen molar-refractivity contribution in [1.82, 2.24) is 10.2 Å². The van der Waals surface area contributed by atoms with Gasteiger partial charge in [-0.15, -0.1) is 6.58 Å². The molecule has 122 valence electrons. The second-order valence-corrected chi connectivity index (χ2v) is 5.81. The molecule has 1 aromatic rings. The molecule has 1 saturated heterocycles. The highest BCUT2D eigenvalue weighted by molar-refractivity contribution is 6.31. The first kappa shape index (κ1) is 17.3. The van der Waals surface area contributed by atoms with Crippen LogP contribution in [0.5, 0.6) is 0 Å². The highest BCUT2D eigenvalue weighted by atomic mass is 35.5. The van der Waals surface area contributed by atoms with Crippen LogP contribution < -0.4 is 5.32 Å². The second-order valence-electron chi connectivity index (χ2n) is 5.40. The molecule has 0 bridgehead atoms. The Labute approximate surface area is 133 Å². The lowest BCUT2D eigenvalue weighted by atomic mass is 9.98. The number of hydrogen-bond acceptors (Lipinski definition) is 2. The van der Waals surface area contributed by atoms with E-state index in [4.69, 9.17) is 11.6 Å². The first-order valence-electron chi connectivity index (χ1n) is 7.36. The molecular formula is C16H20ClF3N2. The summed E-state index contributed by atoms with van der Waals surface area (Å²) in [6.45, 7) is 7.26. The van der Waals surface area contributed by atoms with Gasteiger partial charge in [0.05, 0.1) is 10.6 Å². The first-order valence-corrected chi connectivity index (χ1v) is 7.73. The van der Waals surface area contributed by atoms with E-state index in [9.17, 15) is 13.2 Å². The molecule has 1 aliphatic rings. The quantitative estimate of drug-likeness (QED) is 0.810. The van der Waals surface area contributed by atoms with E-state index >= 15 is 0 Å². The summed E-state index contributed by atoms with van der Waals surface area (Å²) >= 11 is 5.86. The zero-order valence-corrected chi connectivity index (χ0v) is 13.1. The standard InChI is InChI=1S/C16H20ClF3N2/c1-2-3-4-15(22-9-7-21-8-10-22)12-5-6-13(14(17)11-12)16(18,19)20/h2,5-6,11,15,21H,1,3-4,7-10H2/t15-/m0/s1. The first-order chi connectivity index (χ1) is 10.4. The van der Waals surface area contributed by atoms with Crippen LogP contribution in [0, 0.1) is 0 Å². The summed E-state index contributed by atoms with van der Waals surface area (Å²) in [5.41, 5.74) is 0.0578. The van der Waals surface area contributed by atoms with E-state index in [1.165, 1.54) is 6.07 Å². The lowest BCUT2D eigenvalue weighted by molar-refractivity contribution is -0.137. The predicted octanol–water partition coefficient (Wildman–Crippen LogP) is 4.27. The van der Waals surface area contributed by atoms with Crippen LogP contribution in [0.4, 0.5) is 13.2 Å². The zero-order valence-electron chi connectivity index (χ0n) is 12.3. The third-order valence-electron chi connectivity index (χ3n) is 3.92. The van der Waals surface area contributed by atoms with Gasteiger partial charge in [0.25, 0.3) is 0 Å². The molecule has 0 unspecified atom stereocenters. The molecule has 22 heavy (non-hydrogen) atoms. The smallest absolute Gasteiger partial charge is 0.314 e. The van der Waals surface area contributed by atoms with Crippen molar-refractivity contribution in [1.29, 1.82) is 0 Å². The Morgan fingerprint density at radius 2 is 2.00 bits per heavy atom. The summed E-state index contributed by atoms with van der Waals surface area (Å²) in [4.78, 5) is 2.29. The van der Waals surface area contributed by atoms with Crippen molar-refractivity contribution in [2.75, 3.05) is 26.2 Å². The number of halogens is 4. The largest absolute Gasteiger partial charge is 0.417 e. The molecule has 6 heteroatoms. The molecule has 0 aromatic heterocycles. The van der Waals surface area contributed by atoms with Gasteiger partial charge < -0.3 is 5.32 Å². The number of hydrogen-bond donors (Lipinski definition) is 1. The van der Waals surface area contributed by atoms with Crippen molar-refractivity contribution in [3.05, 3.63) is 47.0 Å². The van der Waals surface area contributed by atoms with Gasteiger partial charge in [-0.2, -0.15) is 13.2 Å². The summed E-state index contributed by atoms with van der Waals surface area (Å²) in [7, 11) is 0. The number of nitrogens with one attached hydrogen (secondary N) is 1. The van der Waals surface area contributed by atoms with Gasteiger partial charge in [0.2, 0.25) is 0 Å². The Hall–Kier alpha value is -1.04. The molecule has 1 aliphatic heterocycles. The lowest BCUT2D eigenvalue weighted by Gasteiger charge is -2.35. The normalized spacial score (nSPS) is 18.2. The summed E-state index contributed by atoms with van der Waals surface area (Å²) in [5.74, 6) is 0. The van der Waals surface area contributed by atoms with Crippen LogP contribution >= 0.6 is 11.6 Å². The Balaban J connectivity index is 2.26. The molecule has 0 aliphatic carbocycles. The third kappa shape index (κ3) is 4.24. The minimum atomic E-state index is -4.42. The minimum absolute atomic E-state index is 0.0693. The van der Waals surface area contributed by atoms with Crippen LogP contribution in [0.1, 0.15) is 30.0 Å². The maximum absolute atomic E-state index is 12.8. The van der Waals surface area contributed by atoms with Crippen LogP contribution in [0.15, 0.2) is 30.9 Å². The van der Waals surface area contributed by atoms with Gasteiger partial charge in [-0.1, -0.05) is 23.7 Å². The molecule has 0 saturated carbocycles. The van der Waals surface area contributed by atoms with E-state index in [1.807, 2.05) is 6.08 Å². The van der Waals surface area contributed by atoms with Crippen LogP contribution in [-0.4, -0.2) is 31.1 Å². The SMILES string of the molecule is C=CCC[C@@H](c1ccc(C(F)(F)F)c(Cl)c1)N1CCNCC1. The van der Waals surface area contributed by atoms with Gasteiger partial charge in [-0.3, -0.25) is 4.90 Å². The van der Waals surface area contributed by atoms with Crippen molar-refractivity contribution in [2.45, 2.75) is 25.1 Å². The zero-order chi connectivity index (χ0) is 16.2. The molecule has 0 radical (unpaired) electrons. The lowest BCUT2D eigenvalue weighted by Crippen LogP contribution is -2.45. The Kier molecular flexibility index (Phi) is 5.89. The van der Waals surface area contributed by atoms with E-state index < -0.39 is 11.7 Å². The summed E-state index contributed by atoms with van der Waals surface area (Å²) in [5, 5.41) is 3.05. The fraction of sp³-hybridized carbons (Fsp3) is 0.500. The molecule has 0 spiro atoms. The number of benzene rings is 1. The molecule has 1 aromatic carbocycles. The average molecular weight is 333 g/mol. The van der Waals surface area contributed by atoms with Gasteiger partial charge in [0.15, 0.2) is 0 Å². The van der Waals surface area contributed by atoms with Crippen molar-refractivity contribution in [3.63, 3.8) is 0 Å². The van der Waals surface area contributed by atoms with Crippen molar-refractivity contribution in [3.8, 4) is 0 Å². The fourth-order valence-electron chi connectivity index (χ4n) is 2.80. The van der Waals surface area contributed by atoms with E-state index in [2.05, 4.69) is 16.8 Å². The Morgan fingerprint density at radius 1 is 1.32 bits per heavy atom. The van der Waals surface area contributed by atoms with Crippen molar-refractivity contribution < 1.29 is 13.2 Å². The number of rotatable bonds is 5. The highest BCUT2D eigenvalue weighted by Gasteiger charge is 2.33. The van der Waals surface area contributed by atoms with Gasteiger partial charge in [0.1, 0.15) is 0 Å². The van der Waals surface area contributed by atoms with Crippen molar-refractivity contribution >= 4 is 11.6 Å². The molecule has 0 amide bonds. The third-order valence-corrected chi connectivity index (χ3v) is 4.23. The van der Waals surface area contributed by atoms with Gasteiger partial charge >= 0.3 is 6.18 Å². The minimum Gasteiger partial charge on any atom is -0.314 e. The van der Waals surface area contributed by atoms with E-state index in [0.717, 1.165) is 50.7 Å². The monoisotopic (exact) mass is 332 g/mol. The maximum Gasteiger partial charge on any atom is 0.417 e. The number of piperazine rings is 1. The molecule has 1 fully saturated rings. The Morgan fingerprint density at radius 3 is 2.55 bits per heavy atom. The van der Waals surface area contributed by atoms with Crippen LogP contribution in [-0.2, 0) is 6.18 Å². The molecule has 1 heterocycles. The maximum atomic E-state index is 12.8. The second kappa shape index (κ2) is 7.49. The number of nitrogens with zero attached hydrogens (tertiary/aromatic N) is 1. The molecule has 1 atom stereocenters. The van der Waals surface area contributed by atoms with Crippen molar-refractivity contribution in [2.24, 2.45) is 0 Å². The fourth-order valence-corrected chi connectivity index (χ4v) is 3.09. The number of allylic oxidation sites excluding steroid dienone is 1. The van der Waals surface area contributed by atoms with Gasteiger partial charge in [-0.05, 0) is 30.5 Å². The van der Waals surface area contributed by atoms with Crippen LogP contribution in [0.25, 0.3) is 0 Å². The molecule has 2 nitrogen and oxygen atoms in total. The molecule has 2 rings (SSSR count). The molecule has 1 N–H and O–H groups in total. The van der Waals surface area contributed by atoms with Gasteiger partial charge in [-0.25, -0.2) is 0 Å². The van der Waals surface area contributed by atoms with Gasteiger partial charge in [0, 0.05) is 32.2 Å². The van der Waals surface area contributed by atoms with Crippen LogP contribution in [0.2, 0.25) is 5.02 Å². The average Bonchev–Trinajstić information content (AvgIpc) is 2.47. The van der Waals surface area contributed by atoms with E-state index in [-0.39, 0.29) is 11.1 Å². The summed E-state index contributed by atoms with van der Waals surface area (Å²) in [6.07, 6.45) is -0.944. The van der Waals surface area contributed by atoms with E-state index in [0.29, 0.717) is 0 Å². The topological polar surface area (TPSA) is 15.3 Å². The highest BCUT2D eigenvalue weighted by Crippen LogP contribution is 2.37. The summed E-state index contributed by atoms with van der Waals surface area (Å²) < 4.78 is 38.5. The Bertz CT molecular complexity index is 511. The summed E-state index contributed by atoms with van der Waals surface area (Å²) in [6, 6.07) is 4.16. The van der Waals surface area contributed by atoms with E-state index in [1.54, 1.807) is 6.07 Å². The van der Waals surface area contributed by atoms with Crippen LogP contribution in [0.3, 0.4) is 0 Å². The molecular weight excluding hydrogens is 313 g/mol. The number of alkyl halides is 3.